The SMILES string of the molecule is O=C(O)C1Cn2cnnc2CN1Cc1cnc(C2CCOCC2)nc1. The minimum atomic E-state index is -0.848. The van der Waals surface area contributed by atoms with E-state index in [4.69, 9.17) is 4.74 Å². The Hall–Kier alpha value is -2.39. The maximum Gasteiger partial charge on any atom is 0.322 e. The third-order valence-corrected chi connectivity index (χ3v) is 4.83. The fraction of sp³-hybridized carbons (Fsp3) is 0.562. The van der Waals surface area contributed by atoms with Gasteiger partial charge in [-0.1, -0.05) is 0 Å². The van der Waals surface area contributed by atoms with Crippen molar-refractivity contribution in [3.8, 4) is 0 Å². The average Bonchev–Trinajstić information content (AvgIpc) is 3.10. The first-order chi connectivity index (χ1) is 12.2. The van der Waals surface area contributed by atoms with Crippen molar-refractivity contribution in [1.29, 1.82) is 0 Å². The van der Waals surface area contributed by atoms with Gasteiger partial charge in [0.05, 0.1) is 13.1 Å². The highest BCUT2D eigenvalue weighted by atomic mass is 16.5. The highest BCUT2D eigenvalue weighted by Crippen LogP contribution is 2.24. The Balaban J connectivity index is 1.47. The molecule has 1 N–H and O–H groups in total. The molecule has 9 heteroatoms. The van der Waals surface area contributed by atoms with E-state index in [1.54, 1.807) is 23.3 Å². The second kappa shape index (κ2) is 6.85. The van der Waals surface area contributed by atoms with Gasteiger partial charge in [-0.05, 0) is 12.8 Å². The molecule has 1 unspecified atom stereocenters. The van der Waals surface area contributed by atoms with Crippen LogP contribution in [-0.4, -0.2) is 60.0 Å². The molecular formula is C16H20N6O3. The Morgan fingerprint density at radius 2 is 2.04 bits per heavy atom. The van der Waals surface area contributed by atoms with Crippen molar-refractivity contribution >= 4 is 5.97 Å². The van der Waals surface area contributed by atoms with Crippen molar-refractivity contribution < 1.29 is 14.6 Å². The van der Waals surface area contributed by atoms with Crippen molar-refractivity contribution in [3.05, 3.63) is 35.9 Å². The van der Waals surface area contributed by atoms with E-state index in [0.717, 1.165) is 43.3 Å². The van der Waals surface area contributed by atoms with Crippen LogP contribution >= 0.6 is 0 Å². The number of carboxylic acid groups (broad SMARTS) is 1. The zero-order chi connectivity index (χ0) is 17.2. The molecule has 0 spiro atoms. The quantitative estimate of drug-likeness (QED) is 0.851. The molecule has 0 aliphatic carbocycles. The van der Waals surface area contributed by atoms with Crippen LogP contribution in [0.3, 0.4) is 0 Å². The van der Waals surface area contributed by atoms with Crippen molar-refractivity contribution in [1.82, 2.24) is 29.6 Å². The molecule has 0 bridgehead atoms. The first-order valence-electron chi connectivity index (χ1n) is 8.43. The fourth-order valence-corrected chi connectivity index (χ4v) is 3.40. The largest absolute Gasteiger partial charge is 0.480 e. The van der Waals surface area contributed by atoms with Gasteiger partial charge in [-0.2, -0.15) is 0 Å². The Labute approximate surface area is 144 Å². The first kappa shape index (κ1) is 16.1. The van der Waals surface area contributed by atoms with Gasteiger partial charge in [0.2, 0.25) is 0 Å². The lowest BCUT2D eigenvalue weighted by molar-refractivity contribution is -0.145. The summed E-state index contributed by atoms with van der Waals surface area (Å²) in [6, 6.07) is -0.612. The molecule has 2 aromatic heterocycles. The zero-order valence-electron chi connectivity index (χ0n) is 13.8. The maximum absolute atomic E-state index is 11.6. The second-order valence-electron chi connectivity index (χ2n) is 6.49. The van der Waals surface area contributed by atoms with Crippen molar-refractivity contribution in [2.45, 2.75) is 44.4 Å². The summed E-state index contributed by atoms with van der Waals surface area (Å²) in [5.41, 5.74) is 0.898. The lowest BCUT2D eigenvalue weighted by Gasteiger charge is -2.32. The molecule has 132 valence electrons. The molecule has 2 aliphatic rings. The number of hydrogen-bond acceptors (Lipinski definition) is 7. The maximum atomic E-state index is 11.6. The van der Waals surface area contributed by atoms with E-state index in [9.17, 15) is 9.90 Å². The number of ether oxygens (including phenoxy) is 1. The van der Waals surface area contributed by atoms with Crippen LogP contribution in [0.25, 0.3) is 0 Å². The minimum absolute atomic E-state index is 0.346. The molecule has 4 rings (SSSR count). The van der Waals surface area contributed by atoms with E-state index in [0.29, 0.717) is 25.6 Å². The number of carbonyl (C=O) groups is 1. The van der Waals surface area contributed by atoms with E-state index in [1.807, 2.05) is 4.90 Å². The number of fused-ring (bicyclic) bond motifs is 1. The Morgan fingerprint density at radius 3 is 2.76 bits per heavy atom. The molecule has 0 aromatic carbocycles. The van der Waals surface area contributed by atoms with Gasteiger partial charge in [0, 0.05) is 43.6 Å². The normalized spacial score (nSPS) is 21.8. The molecule has 0 amide bonds. The summed E-state index contributed by atoms with van der Waals surface area (Å²) in [7, 11) is 0. The zero-order valence-corrected chi connectivity index (χ0v) is 13.8. The Kier molecular flexibility index (Phi) is 4.41. The molecule has 2 aromatic rings. The van der Waals surface area contributed by atoms with Gasteiger partial charge in [-0.25, -0.2) is 9.97 Å². The lowest BCUT2D eigenvalue weighted by atomic mass is 9.99. The Morgan fingerprint density at radius 1 is 1.28 bits per heavy atom. The standard InChI is InChI=1S/C16H20N6O3/c23-16(24)13-8-22-10-19-20-14(22)9-21(13)7-11-5-17-15(18-6-11)12-1-3-25-4-2-12/h5-6,10,12-13H,1-4,7-9H2,(H,23,24). The molecule has 0 radical (unpaired) electrons. The van der Waals surface area contributed by atoms with Crippen LogP contribution in [0.5, 0.6) is 0 Å². The van der Waals surface area contributed by atoms with E-state index >= 15 is 0 Å². The topological polar surface area (TPSA) is 106 Å². The van der Waals surface area contributed by atoms with Crippen molar-refractivity contribution in [3.63, 3.8) is 0 Å². The summed E-state index contributed by atoms with van der Waals surface area (Å²) in [4.78, 5) is 22.5. The van der Waals surface area contributed by atoms with Crippen molar-refractivity contribution in [2.24, 2.45) is 0 Å². The van der Waals surface area contributed by atoms with E-state index in [1.165, 1.54) is 0 Å². The summed E-state index contributed by atoms with van der Waals surface area (Å²) in [5.74, 6) is 1.12. The van der Waals surface area contributed by atoms with Gasteiger partial charge in [0.15, 0.2) is 0 Å². The van der Waals surface area contributed by atoms with E-state index < -0.39 is 12.0 Å². The van der Waals surface area contributed by atoms with Gasteiger partial charge in [-0.15, -0.1) is 10.2 Å². The molecule has 4 heterocycles. The van der Waals surface area contributed by atoms with Crippen LogP contribution < -0.4 is 0 Å². The predicted molar refractivity (Wildman–Crippen MR) is 85.5 cm³/mol. The number of aliphatic carboxylic acids is 1. The van der Waals surface area contributed by atoms with E-state index in [2.05, 4.69) is 20.2 Å². The van der Waals surface area contributed by atoms with Gasteiger partial charge < -0.3 is 14.4 Å². The van der Waals surface area contributed by atoms with Crippen molar-refractivity contribution in [2.75, 3.05) is 13.2 Å². The fourth-order valence-electron chi connectivity index (χ4n) is 3.40. The predicted octanol–water partition coefficient (Wildman–Crippen LogP) is 0.431. The summed E-state index contributed by atoms with van der Waals surface area (Å²) in [6.07, 6.45) is 7.07. The molecule has 9 nitrogen and oxygen atoms in total. The molecule has 2 aliphatic heterocycles. The van der Waals surface area contributed by atoms with E-state index in [-0.39, 0.29) is 0 Å². The number of carboxylic acids is 1. The van der Waals surface area contributed by atoms with Gasteiger partial charge >= 0.3 is 5.97 Å². The minimum Gasteiger partial charge on any atom is -0.480 e. The number of hydrogen-bond donors (Lipinski definition) is 1. The molecular weight excluding hydrogens is 324 g/mol. The number of nitrogens with zero attached hydrogens (tertiary/aromatic N) is 6. The molecule has 1 atom stereocenters. The van der Waals surface area contributed by atoms with Gasteiger partial charge in [0.1, 0.15) is 24.0 Å². The highest BCUT2D eigenvalue weighted by Gasteiger charge is 2.32. The van der Waals surface area contributed by atoms with Crippen LogP contribution in [0.1, 0.15) is 36.0 Å². The Bertz CT molecular complexity index is 741. The number of aromatic nitrogens is 5. The highest BCUT2D eigenvalue weighted by molar-refractivity contribution is 5.73. The average molecular weight is 344 g/mol. The third-order valence-electron chi connectivity index (χ3n) is 4.83. The number of rotatable bonds is 4. The summed E-state index contributed by atoms with van der Waals surface area (Å²) < 4.78 is 7.16. The van der Waals surface area contributed by atoms with Crippen LogP contribution in [-0.2, 0) is 29.2 Å². The summed E-state index contributed by atoms with van der Waals surface area (Å²) in [5, 5.41) is 17.4. The monoisotopic (exact) mass is 344 g/mol. The van der Waals surface area contributed by atoms with Crippen LogP contribution in [0.2, 0.25) is 0 Å². The van der Waals surface area contributed by atoms with Gasteiger partial charge in [-0.3, -0.25) is 9.69 Å². The van der Waals surface area contributed by atoms with Gasteiger partial charge in [0.25, 0.3) is 0 Å². The molecule has 25 heavy (non-hydrogen) atoms. The lowest BCUT2D eigenvalue weighted by Crippen LogP contribution is -2.47. The molecule has 1 fully saturated rings. The second-order valence-corrected chi connectivity index (χ2v) is 6.49. The van der Waals surface area contributed by atoms with Crippen LogP contribution in [0.15, 0.2) is 18.7 Å². The molecule has 0 saturated carbocycles. The van der Waals surface area contributed by atoms with Crippen LogP contribution in [0, 0.1) is 0 Å². The van der Waals surface area contributed by atoms with Crippen LogP contribution in [0.4, 0.5) is 0 Å². The smallest absolute Gasteiger partial charge is 0.322 e. The third kappa shape index (κ3) is 3.38. The summed E-state index contributed by atoms with van der Waals surface area (Å²) >= 11 is 0. The molecule has 1 saturated heterocycles. The summed E-state index contributed by atoms with van der Waals surface area (Å²) in [6.45, 7) is 2.77. The first-order valence-corrected chi connectivity index (χ1v) is 8.43.